The first-order valence-electron chi connectivity index (χ1n) is 8.06. The molecule has 2 aromatic rings. The number of amides is 1. The zero-order chi connectivity index (χ0) is 18.8. The number of carbonyl (C=O) groups is 1. The van der Waals surface area contributed by atoms with Crippen LogP contribution in [-0.2, 0) is 9.63 Å². The molecule has 7 heteroatoms. The van der Waals surface area contributed by atoms with Gasteiger partial charge < -0.3 is 24.4 Å². The highest BCUT2D eigenvalue weighted by Crippen LogP contribution is 2.28. The molecule has 0 atom stereocenters. The van der Waals surface area contributed by atoms with Crippen molar-refractivity contribution in [2.75, 3.05) is 32.8 Å². The molecule has 0 heterocycles. The SMILES string of the molecule is CCOc1ccc(/C=N\OCC(=O)Nc2cc(OC)ccc2OC)cc1. The van der Waals surface area contributed by atoms with E-state index in [1.807, 2.05) is 31.2 Å². The fourth-order valence-corrected chi connectivity index (χ4v) is 2.11. The molecule has 1 N–H and O–H groups in total. The Morgan fingerprint density at radius 2 is 1.81 bits per heavy atom. The molecule has 0 aliphatic rings. The maximum Gasteiger partial charge on any atom is 0.265 e. The lowest BCUT2D eigenvalue weighted by Gasteiger charge is -2.11. The summed E-state index contributed by atoms with van der Waals surface area (Å²) in [7, 11) is 3.07. The molecule has 0 saturated heterocycles. The van der Waals surface area contributed by atoms with Gasteiger partial charge in [0.1, 0.15) is 17.2 Å². The third-order valence-corrected chi connectivity index (χ3v) is 3.34. The van der Waals surface area contributed by atoms with Crippen LogP contribution in [0.1, 0.15) is 12.5 Å². The molecule has 0 aliphatic carbocycles. The second-order valence-electron chi connectivity index (χ2n) is 5.12. The Morgan fingerprint density at radius 3 is 2.46 bits per heavy atom. The van der Waals surface area contributed by atoms with E-state index in [9.17, 15) is 4.79 Å². The van der Waals surface area contributed by atoms with Crippen LogP contribution in [0.2, 0.25) is 0 Å². The van der Waals surface area contributed by atoms with Gasteiger partial charge in [-0.2, -0.15) is 0 Å². The van der Waals surface area contributed by atoms with Crippen molar-refractivity contribution >= 4 is 17.8 Å². The van der Waals surface area contributed by atoms with Crippen LogP contribution in [-0.4, -0.2) is 39.6 Å². The zero-order valence-electron chi connectivity index (χ0n) is 15.0. The summed E-state index contributed by atoms with van der Waals surface area (Å²) in [5.41, 5.74) is 1.33. The van der Waals surface area contributed by atoms with Crippen LogP contribution in [0.3, 0.4) is 0 Å². The van der Waals surface area contributed by atoms with Crippen molar-refractivity contribution in [3.05, 3.63) is 48.0 Å². The predicted molar refractivity (Wildman–Crippen MR) is 99.3 cm³/mol. The van der Waals surface area contributed by atoms with Gasteiger partial charge in [0.15, 0.2) is 6.61 Å². The smallest absolute Gasteiger partial charge is 0.265 e. The molecule has 7 nitrogen and oxygen atoms in total. The van der Waals surface area contributed by atoms with E-state index in [4.69, 9.17) is 19.0 Å². The van der Waals surface area contributed by atoms with Gasteiger partial charge in [-0.05, 0) is 48.9 Å². The largest absolute Gasteiger partial charge is 0.497 e. The number of nitrogens with zero attached hydrogens (tertiary/aromatic N) is 1. The molecule has 0 unspecified atom stereocenters. The molecule has 0 aliphatic heterocycles. The van der Waals surface area contributed by atoms with Gasteiger partial charge in [0.2, 0.25) is 0 Å². The Balaban J connectivity index is 1.85. The minimum Gasteiger partial charge on any atom is -0.497 e. The van der Waals surface area contributed by atoms with Crippen molar-refractivity contribution in [1.29, 1.82) is 0 Å². The topological polar surface area (TPSA) is 78.4 Å². The Kier molecular flexibility index (Phi) is 7.30. The normalized spacial score (nSPS) is 10.4. The van der Waals surface area contributed by atoms with Crippen LogP contribution in [0.25, 0.3) is 0 Å². The first kappa shape index (κ1) is 19.1. The van der Waals surface area contributed by atoms with Crippen LogP contribution in [0, 0.1) is 0 Å². The molecule has 0 bridgehead atoms. The molecule has 0 spiro atoms. The fraction of sp³-hybridized carbons (Fsp3) is 0.263. The number of anilines is 1. The number of hydrogen-bond donors (Lipinski definition) is 1. The molecular formula is C19H22N2O5. The predicted octanol–water partition coefficient (Wildman–Crippen LogP) is 3.09. The highest BCUT2D eigenvalue weighted by Gasteiger charge is 2.09. The molecule has 26 heavy (non-hydrogen) atoms. The van der Waals surface area contributed by atoms with Crippen LogP contribution in [0.15, 0.2) is 47.6 Å². The Labute approximate surface area is 152 Å². The standard InChI is InChI=1S/C19H22N2O5/c1-4-25-15-7-5-14(6-8-15)12-20-26-13-19(22)21-17-11-16(23-2)9-10-18(17)24-3/h5-12H,4,13H2,1-3H3,(H,21,22)/b20-12-. The highest BCUT2D eigenvalue weighted by atomic mass is 16.6. The zero-order valence-corrected chi connectivity index (χ0v) is 15.0. The second kappa shape index (κ2) is 9.93. The minimum absolute atomic E-state index is 0.228. The van der Waals surface area contributed by atoms with Crippen molar-refractivity contribution < 1.29 is 23.8 Å². The number of ether oxygens (including phenoxy) is 3. The third-order valence-electron chi connectivity index (χ3n) is 3.34. The third kappa shape index (κ3) is 5.70. The van der Waals surface area contributed by atoms with Crippen molar-refractivity contribution in [2.45, 2.75) is 6.92 Å². The van der Waals surface area contributed by atoms with Crippen molar-refractivity contribution in [1.82, 2.24) is 0 Å². The molecular weight excluding hydrogens is 336 g/mol. The Bertz CT molecular complexity index is 744. The van der Waals surface area contributed by atoms with Crippen molar-refractivity contribution in [3.8, 4) is 17.2 Å². The van der Waals surface area contributed by atoms with Gasteiger partial charge in [-0.25, -0.2) is 0 Å². The van der Waals surface area contributed by atoms with Crippen molar-refractivity contribution in [3.63, 3.8) is 0 Å². The number of carbonyl (C=O) groups excluding carboxylic acids is 1. The van der Waals surface area contributed by atoms with Crippen LogP contribution >= 0.6 is 0 Å². The van der Waals surface area contributed by atoms with E-state index in [2.05, 4.69) is 10.5 Å². The number of benzene rings is 2. The summed E-state index contributed by atoms with van der Waals surface area (Å²) in [6, 6.07) is 12.5. The summed E-state index contributed by atoms with van der Waals surface area (Å²) in [6.07, 6.45) is 1.52. The number of hydrogen-bond acceptors (Lipinski definition) is 6. The van der Waals surface area contributed by atoms with Crippen molar-refractivity contribution in [2.24, 2.45) is 5.16 Å². The van der Waals surface area contributed by atoms with E-state index in [0.29, 0.717) is 23.8 Å². The monoisotopic (exact) mass is 358 g/mol. The molecule has 0 radical (unpaired) electrons. The summed E-state index contributed by atoms with van der Waals surface area (Å²) >= 11 is 0. The summed E-state index contributed by atoms with van der Waals surface area (Å²) in [6.45, 7) is 2.31. The lowest BCUT2D eigenvalue weighted by atomic mass is 10.2. The highest BCUT2D eigenvalue weighted by molar-refractivity contribution is 5.93. The molecule has 138 valence electrons. The quantitative estimate of drug-likeness (QED) is 0.550. The first-order valence-corrected chi connectivity index (χ1v) is 8.06. The summed E-state index contributed by atoms with van der Waals surface area (Å²) in [4.78, 5) is 17.0. The number of rotatable bonds is 9. The number of nitrogens with one attached hydrogen (secondary N) is 1. The lowest BCUT2D eigenvalue weighted by molar-refractivity contribution is -0.120. The van der Waals surface area contributed by atoms with E-state index >= 15 is 0 Å². The van der Waals surface area contributed by atoms with Gasteiger partial charge in [-0.15, -0.1) is 0 Å². The van der Waals surface area contributed by atoms with Gasteiger partial charge in [-0.1, -0.05) is 5.16 Å². The van der Waals surface area contributed by atoms with Gasteiger partial charge in [0.05, 0.1) is 32.7 Å². The van der Waals surface area contributed by atoms with Crippen LogP contribution in [0.4, 0.5) is 5.69 Å². The number of oxime groups is 1. The molecule has 0 fully saturated rings. The summed E-state index contributed by atoms with van der Waals surface area (Å²) < 4.78 is 15.7. The Morgan fingerprint density at radius 1 is 1.08 bits per heavy atom. The second-order valence-corrected chi connectivity index (χ2v) is 5.12. The van der Waals surface area contributed by atoms with E-state index in [0.717, 1.165) is 11.3 Å². The van der Waals surface area contributed by atoms with Gasteiger partial charge in [-0.3, -0.25) is 4.79 Å². The molecule has 2 rings (SSSR count). The molecule has 0 saturated carbocycles. The minimum atomic E-state index is -0.361. The maximum atomic E-state index is 12.0. The lowest BCUT2D eigenvalue weighted by Crippen LogP contribution is -2.17. The molecule has 2 aromatic carbocycles. The first-order chi connectivity index (χ1) is 12.7. The summed E-state index contributed by atoms with van der Waals surface area (Å²) in [5.74, 6) is 1.56. The van der Waals surface area contributed by atoms with Crippen LogP contribution < -0.4 is 19.5 Å². The maximum absolute atomic E-state index is 12.0. The Hall–Kier alpha value is -3.22. The molecule has 1 amide bonds. The number of methoxy groups -OCH3 is 2. The summed E-state index contributed by atoms with van der Waals surface area (Å²) in [5, 5.41) is 6.49. The average molecular weight is 358 g/mol. The van der Waals surface area contributed by atoms with Gasteiger partial charge in [0, 0.05) is 6.07 Å². The van der Waals surface area contributed by atoms with Gasteiger partial charge >= 0.3 is 0 Å². The van der Waals surface area contributed by atoms with E-state index in [1.54, 1.807) is 25.3 Å². The fourth-order valence-electron chi connectivity index (χ4n) is 2.11. The van der Waals surface area contributed by atoms with Crippen LogP contribution in [0.5, 0.6) is 17.2 Å². The van der Waals surface area contributed by atoms with E-state index < -0.39 is 0 Å². The van der Waals surface area contributed by atoms with Gasteiger partial charge in [0.25, 0.3) is 5.91 Å². The average Bonchev–Trinajstić information content (AvgIpc) is 2.66. The van der Waals surface area contributed by atoms with E-state index in [-0.39, 0.29) is 12.5 Å². The molecule has 0 aromatic heterocycles. The van der Waals surface area contributed by atoms with E-state index in [1.165, 1.54) is 13.3 Å².